The summed E-state index contributed by atoms with van der Waals surface area (Å²) in [6.45, 7) is 3.96. The maximum atomic E-state index is 13.6. The first-order valence-electron chi connectivity index (χ1n) is 8.03. The average Bonchev–Trinajstić information content (AvgIpc) is 2.60. The molecule has 1 nitrogen and oxygen atoms in total. The van der Waals surface area contributed by atoms with Gasteiger partial charge in [-0.15, -0.1) is 0 Å². The van der Waals surface area contributed by atoms with Gasteiger partial charge < -0.3 is 0 Å². The van der Waals surface area contributed by atoms with Crippen LogP contribution in [0.2, 0.25) is 0 Å². The van der Waals surface area contributed by atoms with E-state index < -0.39 is 17.6 Å². The van der Waals surface area contributed by atoms with Crippen molar-refractivity contribution in [1.82, 2.24) is 0 Å². The molecule has 0 bridgehead atoms. The number of hydrogen-bond acceptors (Lipinski definition) is 2. The summed E-state index contributed by atoms with van der Waals surface area (Å²) in [7, 11) is 0. The molecule has 1 aliphatic heterocycles. The van der Waals surface area contributed by atoms with Crippen molar-refractivity contribution in [1.29, 1.82) is 0 Å². The van der Waals surface area contributed by atoms with E-state index in [1.54, 1.807) is 0 Å². The number of carbonyl (C=O) groups excluding carboxylic acids is 1. The van der Waals surface area contributed by atoms with E-state index in [1.165, 1.54) is 18.2 Å². The Kier molecular flexibility index (Phi) is 4.97. The summed E-state index contributed by atoms with van der Waals surface area (Å²) in [4.78, 5) is 12.5. The number of halogens is 4. The fourth-order valence-electron chi connectivity index (χ4n) is 2.77. The Labute approximate surface area is 153 Å². The minimum atomic E-state index is -4.14. The molecule has 1 heterocycles. The fourth-order valence-corrected chi connectivity index (χ4v) is 3.67. The molecular formula is C20H16F4OS. The molecule has 0 unspecified atom stereocenters. The van der Waals surface area contributed by atoms with Crippen LogP contribution in [0, 0.1) is 0 Å². The molecule has 2 aromatic carbocycles. The monoisotopic (exact) mass is 380 g/mol. The number of thioether (sulfide) groups is 1. The summed E-state index contributed by atoms with van der Waals surface area (Å²) in [5, 5.41) is -4.14. The summed E-state index contributed by atoms with van der Waals surface area (Å²) >= 11 is -0.152. The second-order valence-corrected chi connectivity index (χ2v) is 7.37. The highest BCUT2D eigenvalue weighted by atomic mass is 32.2. The molecule has 0 atom stereocenters. The molecule has 136 valence electrons. The number of Topliss-reactive ketones (excluding diaryl/α,β-unsaturated/α-hetero) is 1. The molecule has 0 saturated carbocycles. The predicted octanol–water partition coefficient (Wildman–Crippen LogP) is 6.24. The maximum Gasteiger partial charge on any atom is 0.360 e. The predicted molar refractivity (Wildman–Crippen MR) is 94.9 cm³/mol. The van der Waals surface area contributed by atoms with Crippen molar-refractivity contribution in [2.45, 2.75) is 35.3 Å². The van der Waals surface area contributed by atoms with Gasteiger partial charge in [0.1, 0.15) is 0 Å². The number of fused-ring (bicyclic) bond motifs is 1. The topological polar surface area (TPSA) is 17.1 Å². The summed E-state index contributed by atoms with van der Waals surface area (Å²) in [5.74, 6) is -4.36. The second kappa shape index (κ2) is 6.91. The quantitative estimate of drug-likeness (QED) is 0.451. The molecule has 0 spiro atoms. The molecule has 1 aliphatic rings. The first kappa shape index (κ1) is 18.7. The van der Waals surface area contributed by atoms with E-state index in [0.29, 0.717) is 6.42 Å². The summed E-state index contributed by atoms with van der Waals surface area (Å²) in [6.07, 6.45) is -0.463. The molecule has 26 heavy (non-hydrogen) atoms. The number of alkyl halides is 4. The highest BCUT2D eigenvalue weighted by molar-refractivity contribution is 8.00. The minimum Gasteiger partial charge on any atom is -0.294 e. The third-order valence-electron chi connectivity index (χ3n) is 4.29. The van der Waals surface area contributed by atoms with Crippen LogP contribution < -0.4 is 0 Å². The van der Waals surface area contributed by atoms with Crippen LogP contribution in [0.1, 0.15) is 34.3 Å². The average molecular weight is 380 g/mol. The molecule has 2 aromatic rings. The number of ketones is 1. The lowest BCUT2D eigenvalue weighted by Crippen LogP contribution is -2.42. The van der Waals surface area contributed by atoms with Crippen LogP contribution in [0.15, 0.2) is 60.0 Å². The zero-order valence-electron chi connectivity index (χ0n) is 13.8. The Morgan fingerprint density at radius 2 is 1.69 bits per heavy atom. The van der Waals surface area contributed by atoms with Crippen LogP contribution in [0.4, 0.5) is 17.6 Å². The zero-order chi connectivity index (χ0) is 18.9. The summed E-state index contributed by atoms with van der Waals surface area (Å²) < 4.78 is 54.0. The molecule has 0 N–H and O–H groups in total. The molecular weight excluding hydrogens is 364 g/mol. The second-order valence-electron chi connectivity index (χ2n) is 6.22. The molecule has 3 rings (SSSR count). The normalized spacial score (nSPS) is 17.4. The summed E-state index contributed by atoms with van der Waals surface area (Å²) in [6, 6.07) is 13.5. The van der Waals surface area contributed by atoms with Crippen molar-refractivity contribution in [3.63, 3.8) is 0 Å². The Bertz CT molecular complexity index is 846. The van der Waals surface area contributed by atoms with E-state index >= 15 is 0 Å². The number of rotatable bonds is 5. The largest absolute Gasteiger partial charge is 0.360 e. The van der Waals surface area contributed by atoms with Crippen molar-refractivity contribution in [3.05, 3.63) is 71.8 Å². The first-order chi connectivity index (χ1) is 12.2. The highest BCUT2D eigenvalue weighted by Gasteiger charge is 2.59. The minimum absolute atomic E-state index is 0.0821. The molecule has 0 fully saturated rings. The number of allylic oxidation sites excluding steroid dienone is 1. The Hall–Kier alpha value is -2.08. The Morgan fingerprint density at radius 3 is 2.38 bits per heavy atom. The molecule has 0 aliphatic carbocycles. The fraction of sp³-hybridized carbons (Fsp3) is 0.250. The lowest BCUT2D eigenvalue weighted by Gasteiger charge is -2.31. The molecule has 0 aromatic heterocycles. The lowest BCUT2D eigenvalue weighted by atomic mass is 9.97. The smallest absolute Gasteiger partial charge is 0.294 e. The van der Waals surface area contributed by atoms with Crippen LogP contribution in [-0.2, 0) is 6.42 Å². The van der Waals surface area contributed by atoms with Crippen LogP contribution >= 0.6 is 11.8 Å². The van der Waals surface area contributed by atoms with E-state index in [4.69, 9.17) is 0 Å². The van der Waals surface area contributed by atoms with Gasteiger partial charge >= 0.3 is 11.2 Å². The van der Waals surface area contributed by atoms with E-state index in [9.17, 15) is 22.4 Å². The van der Waals surface area contributed by atoms with Gasteiger partial charge in [-0.2, -0.15) is 17.6 Å². The third kappa shape index (κ3) is 3.70. The molecule has 0 radical (unpaired) electrons. The van der Waals surface area contributed by atoms with Gasteiger partial charge in [0.25, 0.3) is 0 Å². The number of hydrogen-bond donors (Lipinski definition) is 0. The van der Waals surface area contributed by atoms with E-state index in [1.807, 2.05) is 30.3 Å². The Balaban J connectivity index is 1.71. The van der Waals surface area contributed by atoms with Gasteiger partial charge in [-0.25, -0.2) is 0 Å². The van der Waals surface area contributed by atoms with E-state index in [2.05, 4.69) is 6.58 Å². The van der Waals surface area contributed by atoms with Gasteiger partial charge in [0, 0.05) is 23.3 Å². The van der Waals surface area contributed by atoms with Gasteiger partial charge in [0.15, 0.2) is 5.78 Å². The van der Waals surface area contributed by atoms with Crippen molar-refractivity contribution >= 4 is 23.1 Å². The Morgan fingerprint density at radius 1 is 1.00 bits per heavy atom. The van der Waals surface area contributed by atoms with Crippen molar-refractivity contribution in [2.75, 3.05) is 0 Å². The number of benzene rings is 2. The zero-order valence-corrected chi connectivity index (χ0v) is 14.6. The first-order valence-corrected chi connectivity index (χ1v) is 8.85. The highest BCUT2D eigenvalue weighted by Crippen LogP contribution is 2.53. The summed E-state index contributed by atoms with van der Waals surface area (Å²) in [5.41, 5.74) is 2.08. The lowest BCUT2D eigenvalue weighted by molar-refractivity contribution is -0.153. The van der Waals surface area contributed by atoms with Crippen molar-refractivity contribution in [3.8, 4) is 0 Å². The van der Waals surface area contributed by atoms with Gasteiger partial charge in [-0.05, 0) is 47.0 Å². The van der Waals surface area contributed by atoms with Gasteiger partial charge in [-0.3, -0.25) is 4.79 Å². The van der Waals surface area contributed by atoms with Crippen molar-refractivity contribution in [2.24, 2.45) is 0 Å². The number of carbonyl (C=O) groups is 1. The van der Waals surface area contributed by atoms with E-state index in [-0.39, 0.29) is 40.0 Å². The van der Waals surface area contributed by atoms with Gasteiger partial charge in [0.05, 0.1) is 0 Å². The van der Waals surface area contributed by atoms with Crippen LogP contribution in [0.3, 0.4) is 0 Å². The van der Waals surface area contributed by atoms with E-state index in [0.717, 1.165) is 11.1 Å². The maximum absolute atomic E-state index is 13.6. The van der Waals surface area contributed by atoms with Crippen LogP contribution in [-0.4, -0.2) is 17.0 Å². The van der Waals surface area contributed by atoms with Crippen LogP contribution in [0.5, 0.6) is 0 Å². The van der Waals surface area contributed by atoms with Crippen molar-refractivity contribution < 1.29 is 22.4 Å². The third-order valence-corrected chi connectivity index (χ3v) is 5.47. The molecule has 6 heteroatoms. The molecule has 0 amide bonds. The SMILES string of the molecule is C=C(CCC(=O)c1ccc2c(c1)CC(F)(F)C(F)(F)S2)c1ccccc1. The van der Waals surface area contributed by atoms with Crippen LogP contribution in [0.25, 0.3) is 5.57 Å². The van der Waals surface area contributed by atoms with Gasteiger partial charge in [0.2, 0.25) is 0 Å². The standard InChI is InChI=1S/C20H16F4OS/c1-13(14-5-3-2-4-6-14)7-9-17(25)15-8-10-18-16(11-15)12-19(21,22)20(23,24)26-18/h2-6,8,10-11H,1,7,9,12H2. The molecule has 0 saturated heterocycles. The van der Waals surface area contributed by atoms with Gasteiger partial charge in [-0.1, -0.05) is 43.0 Å².